The molecule has 21 heavy (non-hydrogen) atoms. The first kappa shape index (κ1) is 16.1. The van der Waals surface area contributed by atoms with E-state index in [2.05, 4.69) is 28.0 Å². The first-order valence-corrected chi connectivity index (χ1v) is 7.98. The van der Waals surface area contributed by atoms with Crippen molar-refractivity contribution < 1.29 is 14.3 Å². The standard InChI is InChI=1S/C15H20BrFN2O2/c1-2-9-4-3-5-10(8-9)21-12-7-6-11(15(18)19-20)13(16)14(12)17/h6-7,9-10,20H,2-5,8H2,1H3,(H2,18,19). The Morgan fingerprint density at radius 2 is 2.29 bits per heavy atom. The van der Waals surface area contributed by atoms with Gasteiger partial charge < -0.3 is 15.7 Å². The van der Waals surface area contributed by atoms with Gasteiger partial charge in [0, 0.05) is 5.56 Å². The highest BCUT2D eigenvalue weighted by Crippen LogP contribution is 2.33. The van der Waals surface area contributed by atoms with Gasteiger partial charge in [-0.25, -0.2) is 4.39 Å². The molecule has 6 heteroatoms. The number of benzene rings is 1. The van der Waals surface area contributed by atoms with E-state index in [0.29, 0.717) is 11.5 Å². The van der Waals surface area contributed by atoms with Crippen LogP contribution in [0.4, 0.5) is 4.39 Å². The molecule has 2 atom stereocenters. The van der Waals surface area contributed by atoms with Gasteiger partial charge in [0.05, 0.1) is 10.6 Å². The molecule has 1 aliphatic rings. The molecule has 2 rings (SSSR count). The molecule has 1 saturated carbocycles. The molecule has 1 aliphatic carbocycles. The van der Waals surface area contributed by atoms with Crippen LogP contribution in [0.5, 0.6) is 5.75 Å². The Balaban J connectivity index is 2.16. The molecule has 1 fully saturated rings. The number of rotatable bonds is 4. The molecule has 4 nitrogen and oxygen atoms in total. The second-order valence-corrected chi connectivity index (χ2v) is 6.20. The highest BCUT2D eigenvalue weighted by molar-refractivity contribution is 9.10. The molecule has 3 N–H and O–H groups in total. The van der Waals surface area contributed by atoms with Gasteiger partial charge in [0.2, 0.25) is 0 Å². The summed E-state index contributed by atoms with van der Waals surface area (Å²) in [5.74, 6) is 0.207. The molecule has 0 radical (unpaired) electrons. The number of halogens is 2. The highest BCUT2D eigenvalue weighted by Gasteiger charge is 2.24. The number of nitrogens with two attached hydrogens (primary N) is 1. The Labute approximate surface area is 132 Å². The van der Waals surface area contributed by atoms with Gasteiger partial charge in [-0.05, 0) is 53.2 Å². The van der Waals surface area contributed by atoms with E-state index >= 15 is 0 Å². The Bertz CT molecular complexity index is 537. The van der Waals surface area contributed by atoms with Gasteiger partial charge in [0.15, 0.2) is 17.4 Å². The summed E-state index contributed by atoms with van der Waals surface area (Å²) in [7, 11) is 0. The topological polar surface area (TPSA) is 67.8 Å². The summed E-state index contributed by atoms with van der Waals surface area (Å²) in [6, 6.07) is 3.11. The van der Waals surface area contributed by atoms with Gasteiger partial charge in [0.25, 0.3) is 0 Å². The Morgan fingerprint density at radius 3 is 2.95 bits per heavy atom. The van der Waals surface area contributed by atoms with E-state index in [-0.39, 0.29) is 22.2 Å². The molecular formula is C15H20BrFN2O2. The summed E-state index contributed by atoms with van der Waals surface area (Å²) < 4.78 is 20.3. The minimum atomic E-state index is -0.516. The van der Waals surface area contributed by atoms with Gasteiger partial charge in [-0.3, -0.25) is 0 Å². The zero-order valence-corrected chi connectivity index (χ0v) is 13.6. The summed E-state index contributed by atoms with van der Waals surface area (Å²) in [4.78, 5) is 0. The lowest BCUT2D eigenvalue weighted by Gasteiger charge is -2.29. The molecule has 1 aromatic carbocycles. The van der Waals surface area contributed by atoms with Crippen molar-refractivity contribution in [2.75, 3.05) is 0 Å². The maximum absolute atomic E-state index is 14.3. The van der Waals surface area contributed by atoms with Crippen LogP contribution in [0.25, 0.3) is 0 Å². The number of hydrogen-bond donors (Lipinski definition) is 2. The monoisotopic (exact) mass is 358 g/mol. The molecule has 0 spiro atoms. The Kier molecular flexibility index (Phi) is 5.45. The normalized spacial score (nSPS) is 23.1. The molecule has 0 aliphatic heterocycles. The molecular weight excluding hydrogens is 339 g/mol. The van der Waals surface area contributed by atoms with E-state index in [0.717, 1.165) is 25.7 Å². The van der Waals surface area contributed by atoms with Crippen LogP contribution in [0, 0.1) is 11.7 Å². The summed E-state index contributed by atoms with van der Waals surface area (Å²) in [6.07, 6.45) is 5.46. The van der Waals surface area contributed by atoms with Crippen LogP contribution in [-0.4, -0.2) is 17.1 Å². The average Bonchev–Trinajstić information content (AvgIpc) is 2.51. The number of amidine groups is 1. The van der Waals surface area contributed by atoms with Gasteiger partial charge in [-0.2, -0.15) is 0 Å². The van der Waals surface area contributed by atoms with Crippen molar-refractivity contribution >= 4 is 21.8 Å². The maximum atomic E-state index is 14.3. The number of nitrogens with zero attached hydrogens (tertiary/aromatic N) is 1. The van der Waals surface area contributed by atoms with Crippen LogP contribution >= 0.6 is 15.9 Å². The van der Waals surface area contributed by atoms with Crippen LogP contribution in [0.1, 0.15) is 44.6 Å². The minimum absolute atomic E-state index is 0.0554. The van der Waals surface area contributed by atoms with E-state index in [4.69, 9.17) is 15.7 Å². The third-order valence-electron chi connectivity index (χ3n) is 4.04. The van der Waals surface area contributed by atoms with Crippen molar-refractivity contribution in [3.8, 4) is 5.75 Å². The molecule has 1 aromatic rings. The van der Waals surface area contributed by atoms with Crippen LogP contribution < -0.4 is 10.5 Å². The second-order valence-electron chi connectivity index (χ2n) is 5.41. The molecule has 0 amide bonds. The molecule has 0 bridgehead atoms. The lowest BCUT2D eigenvalue weighted by molar-refractivity contribution is 0.117. The van der Waals surface area contributed by atoms with Crippen LogP contribution in [0.15, 0.2) is 21.8 Å². The quantitative estimate of drug-likeness (QED) is 0.369. The first-order valence-electron chi connectivity index (χ1n) is 7.19. The molecule has 0 heterocycles. The Morgan fingerprint density at radius 1 is 1.52 bits per heavy atom. The fourth-order valence-electron chi connectivity index (χ4n) is 2.77. The summed E-state index contributed by atoms with van der Waals surface area (Å²) in [5, 5.41) is 11.6. The van der Waals surface area contributed by atoms with Crippen molar-refractivity contribution in [1.82, 2.24) is 0 Å². The molecule has 116 valence electrons. The van der Waals surface area contributed by atoms with E-state index in [9.17, 15) is 4.39 Å². The zero-order chi connectivity index (χ0) is 15.4. The van der Waals surface area contributed by atoms with Crippen LogP contribution in [-0.2, 0) is 0 Å². The van der Waals surface area contributed by atoms with Crippen LogP contribution in [0.2, 0.25) is 0 Å². The third-order valence-corrected chi connectivity index (χ3v) is 4.81. The second kappa shape index (κ2) is 7.11. The third kappa shape index (κ3) is 3.67. The lowest BCUT2D eigenvalue weighted by Crippen LogP contribution is -2.25. The smallest absolute Gasteiger partial charge is 0.179 e. The maximum Gasteiger partial charge on any atom is 0.179 e. The predicted molar refractivity (Wildman–Crippen MR) is 83.3 cm³/mol. The molecule has 0 saturated heterocycles. The number of oxime groups is 1. The molecule has 0 aromatic heterocycles. The Hall–Kier alpha value is -1.30. The summed E-state index contributed by atoms with van der Waals surface area (Å²) >= 11 is 3.14. The fourth-order valence-corrected chi connectivity index (χ4v) is 3.30. The first-order chi connectivity index (χ1) is 10.1. The SMILES string of the molecule is CCC1CCCC(Oc2ccc(/C(N)=N/O)c(Br)c2F)C1. The highest BCUT2D eigenvalue weighted by atomic mass is 79.9. The van der Waals surface area contributed by atoms with E-state index < -0.39 is 5.82 Å². The largest absolute Gasteiger partial charge is 0.487 e. The number of ether oxygens (including phenoxy) is 1. The van der Waals surface area contributed by atoms with Gasteiger partial charge in [-0.1, -0.05) is 24.9 Å². The lowest BCUT2D eigenvalue weighted by atomic mass is 9.85. The summed E-state index contributed by atoms with van der Waals surface area (Å²) in [6.45, 7) is 2.18. The van der Waals surface area contributed by atoms with E-state index in [1.165, 1.54) is 12.5 Å². The van der Waals surface area contributed by atoms with Crippen molar-refractivity contribution in [3.63, 3.8) is 0 Å². The van der Waals surface area contributed by atoms with Crippen molar-refractivity contribution in [1.29, 1.82) is 0 Å². The summed E-state index contributed by atoms with van der Waals surface area (Å²) in [5.41, 5.74) is 5.80. The predicted octanol–water partition coefficient (Wildman–Crippen LogP) is 4.03. The van der Waals surface area contributed by atoms with Crippen LogP contribution in [0.3, 0.4) is 0 Å². The van der Waals surface area contributed by atoms with Crippen molar-refractivity contribution in [2.24, 2.45) is 16.8 Å². The van der Waals surface area contributed by atoms with Crippen molar-refractivity contribution in [2.45, 2.75) is 45.1 Å². The van der Waals surface area contributed by atoms with Gasteiger partial charge >= 0.3 is 0 Å². The zero-order valence-electron chi connectivity index (χ0n) is 12.0. The van der Waals surface area contributed by atoms with Gasteiger partial charge in [0.1, 0.15) is 0 Å². The van der Waals surface area contributed by atoms with Gasteiger partial charge in [-0.15, -0.1) is 0 Å². The fraction of sp³-hybridized carbons (Fsp3) is 0.533. The van der Waals surface area contributed by atoms with E-state index in [1.54, 1.807) is 6.07 Å². The average molecular weight is 359 g/mol. The minimum Gasteiger partial charge on any atom is -0.487 e. The van der Waals surface area contributed by atoms with E-state index in [1.807, 2.05) is 0 Å². The van der Waals surface area contributed by atoms with Crippen molar-refractivity contribution in [3.05, 3.63) is 28.0 Å². The number of hydrogen-bond acceptors (Lipinski definition) is 3. The molecule has 2 unspecified atom stereocenters.